The predicted octanol–water partition coefficient (Wildman–Crippen LogP) is 1.05. The van der Waals surface area contributed by atoms with E-state index in [4.69, 9.17) is 4.74 Å². The van der Waals surface area contributed by atoms with Gasteiger partial charge >= 0.3 is 0 Å². The molecule has 6 nitrogen and oxygen atoms in total. The summed E-state index contributed by atoms with van der Waals surface area (Å²) in [4.78, 5) is 25.7. The maximum absolute atomic E-state index is 12.1. The zero-order chi connectivity index (χ0) is 15.5. The molecule has 3 rings (SSSR count). The molecule has 0 spiro atoms. The third-order valence-corrected chi connectivity index (χ3v) is 4.03. The third kappa shape index (κ3) is 3.22. The van der Waals surface area contributed by atoms with Gasteiger partial charge in [-0.1, -0.05) is 6.07 Å². The van der Waals surface area contributed by atoms with E-state index in [0.717, 1.165) is 36.4 Å². The first-order chi connectivity index (χ1) is 10.6. The largest absolute Gasteiger partial charge is 0.376 e. The summed E-state index contributed by atoms with van der Waals surface area (Å²) in [5.74, 6) is -0.249. The van der Waals surface area contributed by atoms with Crippen LogP contribution in [0.2, 0.25) is 0 Å². The number of ether oxygens (including phenoxy) is 1. The van der Waals surface area contributed by atoms with Crippen molar-refractivity contribution in [3.63, 3.8) is 0 Å². The lowest BCUT2D eigenvalue weighted by Gasteiger charge is -2.30. The first-order valence-electron chi connectivity index (χ1n) is 7.66. The highest BCUT2D eigenvalue weighted by Crippen LogP contribution is 2.30. The fourth-order valence-corrected chi connectivity index (χ4v) is 2.83. The number of nitrogens with zero attached hydrogens (tertiary/aromatic N) is 1. The first-order valence-corrected chi connectivity index (χ1v) is 7.66. The fourth-order valence-electron chi connectivity index (χ4n) is 2.83. The third-order valence-electron chi connectivity index (χ3n) is 4.03. The molecule has 6 heteroatoms. The Morgan fingerprint density at radius 3 is 3.14 bits per heavy atom. The van der Waals surface area contributed by atoms with E-state index in [2.05, 4.69) is 10.6 Å². The molecule has 1 aromatic rings. The van der Waals surface area contributed by atoms with Crippen LogP contribution in [-0.2, 0) is 14.3 Å². The van der Waals surface area contributed by atoms with Crippen molar-refractivity contribution >= 4 is 23.2 Å². The summed E-state index contributed by atoms with van der Waals surface area (Å²) in [5.41, 5.74) is 2.77. The van der Waals surface area contributed by atoms with Crippen molar-refractivity contribution in [3.05, 3.63) is 23.8 Å². The number of benzene rings is 1. The van der Waals surface area contributed by atoms with Crippen LogP contribution in [0.15, 0.2) is 18.2 Å². The van der Waals surface area contributed by atoms with Crippen LogP contribution in [0.1, 0.15) is 18.4 Å². The molecule has 1 fully saturated rings. The molecule has 2 amide bonds. The molecule has 2 aliphatic rings. The number of carbonyl (C=O) groups is 2. The average Bonchev–Trinajstić information content (AvgIpc) is 3.01. The Morgan fingerprint density at radius 1 is 1.50 bits per heavy atom. The van der Waals surface area contributed by atoms with Crippen LogP contribution in [0.25, 0.3) is 0 Å². The van der Waals surface area contributed by atoms with Crippen molar-refractivity contribution in [1.29, 1.82) is 0 Å². The van der Waals surface area contributed by atoms with Crippen molar-refractivity contribution in [1.82, 2.24) is 5.32 Å². The molecule has 22 heavy (non-hydrogen) atoms. The van der Waals surface area contributed by atoms with Gasteiger partial charge in [-0.25, -0.2) is 0 Å². The molecule has 1 aromatic carbocycles. The molecular weight excluding hydrogens is 282 g/mol. The van der Waals surface area contributed by atoms with E-state index < -0.39 is 0 Å². The zero-order valence-electron chi connectivity index (χ0n) is 12.7. The van der Waals surface area contributed by atoms with Crippen LogP contribution < -0.4 is 15.5 Å². The topological polar surface area (TPSA) is 70.7 Å². The van der Waals surface area contributed by atoms with Gasteiger partial charge in [-0.05, 0) is 37.5 Å². The number of fused-ring (bicyclic) bond motifs is 1. The van der Waals surface area contributed by atoms with Gasteiger partial charge in [-0.2, -0.15) is 0 Å². The molecule has 118 valence electrons. The van der Waals surface area contributed by atoms with Crippen molar-refractivity contribution in [2.45, 2.75) is 25.9 Å². The predicted molar refractivity (Wildman–Crippen MR) is 84.0 cm³/mol. The van der Waals surface area contributed by atoms with E-state index in [1.807, 2.05) is 25.1 Å². The Kier molecular flexibility index (Phi) is 4.29. The van der Waals surface area contributed by atoms with Gasteiger partial charge in [0.2, 0.25) is 11.8 Å². The monoisotopic (exact) mass is 303 g/mol. The maximum atomic E-state index is 12.1. The highest BCUT2D eigenvalue weighted by molar-refractivity contribution is 6.05. The minimum Gasteiger partial charge on any atom is -0.376 e. The lowest BCUT2D eigenvalue weighted by Crippen LogP contribution is -2.46. The Labute approximate surface area is 129 Å². The highest BCUT2D eigenvalue weighted by atomic mass is 16.5. The Bertz CT molecular complexity index is 582. The van der Waals surface area contributed by atoms with E-state index in [1.165, 1.54) is 4.90 Å². The minimum atomic E-state index is -0.155. The summed E-state index contributed by atoms with van der Waals surface area (Å²) in [6.45, 7) is 3.54. The van der Waals surface area contributed by atoms with Crippen molar-refractivity contribution < 1.29 is 14.3 Å². The SMILES string of the molecule is Cc1ccc2c(c1)NCC(=O)N2CC(=O)NCC1CCCO1. The average molecular weight is 303 g/mol. The van der Waals surface area contributed by atoms with Crippen molar-refractivity contribution in [2.24, 2.45) is 0 Å². The second-order valence-electron chi connectivity index (χ2n) is 5.79. The number of hydrogen-bond donors (Lipinski definition) is 2. The van der Waals surface area contributed by atoms with Crippen LogP contribution in [-0.4, -0.2) is 44.2 Å². The number of carbonyl (C=O) groups excluding carboxylic acids is 2. The van der Waals surface area contributed by atoms with Crippen LogP contribution in [0.4, 0.5) is 11.4 Å². The molecule has 1 atom stereocenters. The summed E-state index contributed by atoms with van der Waals surface area (Å²) in [6, 6.07) is 5.80. The highest BCUT2D eigenvalue weighted by Gasteiger charge is 2.26. The van der Waals surface area contributed by atoms with Gasteiger partial charge in [0.15, 0.2) is 0 Å². The second-order valence-corrected chi connectivity index (χ2v) is 5.79. The van der Waals surface area contributed by atoms with E-state index in [1.54, 1.807) is 0 Å². The number of hydrogen-bond acceptors (Lipinski definition) is 4. The van der Waals surface area contributed by atoms with Gasteiger partial charge in [-0.3, -0.25) is 14.5 Å². The lowest BCUT2D eigenvalue weighted by molar-refractivity contribution is -0.123. The minimum absolute atomic E-state index is 0.0449. The molecule has 0 bridgehead atoms. The quantitative estimate of drug-likeness (QED) is 0.872. The Morgan fingerprint density at radius 2 is 2.36 bits per heavy atom. The van der Waals surface area contributed by atoms with Gasteiger partial charge in [0, 0.05) is 13.2 Å². The van der Waals surface area contributed by atoms with Crippen LogP contribution in [0.3, 0.4) is 0 Å². The van der Waals surface area contributed by atoms with Crippen LogP contribution in [0.5, 0.6) is 0 Å². The van der Waals surface area contributed by atoms with Gasteiger partial charge in [0.05, 0.1) is 24.0 Å². The van der Waals surface area contributed by atoms with Gasteiger partial charge in [0.25, 0.3) is 0 Å². The molecule has 0 saturated carbocycles. The molecule has 0 radical (unpaired) electrons. The maximum Gasteiger partial charge on any atom is 0.246 e. The number of aryl methyl sites for hydroxylation is 1. The summed E-state index contributed by atoms with van der Waals surface area (Å²) in [5, 5.41) is 5.95. The summed E-state index contributed by atoms with van der Waals surface area (Å²) in [7, 11) is 0. The lowest BCUT2D eigenvalue weighted by atomic mass is 10.1. The normalized spacial score (nSPS) is 20.5. The standard InChI is InChI=1S/C16H21N3O3/c1-11-4-5-14-13(7-11)17-9-16(21)19(14)10-15(20)18-8-12-3-2-6-22-12/h4-5,7,12,17H,2-3,6,8-10H2,1H3,(H,18,20). The molecule has 2 heterocycles. The molecule has 2 N–H and O–H groups in total. The summed E-state index contributed by atoms with van der Waals surface area (Å²) >= 11 is 0. The number of anilines is 2. The van der Waals surface area contributed by atoms with Gasteiger partial charge in [-0.15, -0.1) is 0 Å². The summed E-state index contributed by atoms with van der Waals surface area (Å²) < 4.78 is 5.48. The van der Waals surface area contributed by atoms with Crippen LogP contribution in [0, 0.1) is 6.92 Å². The number of rotatable bonds is 4. The molecule has 0 aromatic heterocycles. The summed E-state index contributed by atoms with van der Waals surface area (Å²) in [6.07, 6.45) is 2.14. The molecule has 2 aliphatic heterocycles. The van der Waals surface area contributed by atoms with E-state index in [-0.39, 0.29) is 31.0 Å². The Balaban J connectivity index is 1.63. The number of amides is 2. The molecular formula is C16H21N3O3. The number of nitrogens with one attached hydrogen (secondary N) is 2. The van der Waals surface area contributed by atoms with E-state index >= 15 is 0 Å². The molecule has 0 aliphatic carbocycles. The zero-order valence-corrected chi connectivity index (χ0v) is 12.7. The Hall–Kier alpha value is -2.08. The molecule has 1 unspecified atom stereocenters. The second kappa shape index (κ2) is 6.36. The van der Waals surface area contributed by atoms with Crippen LogP contribution >= 0.6 is 0 Å². The molecule has 1 saturated heterocycles. The van der Waals surface area contributed by atoms with Gasteiger partial charge < -0.3 is 15.4 Å². The van der Waals surface area contributed by atoms with E-state index in [0.29, 0.717) is 6.54 Å². The van der Waals surface area contributed by atoms with E-state index in [9.17, 15) is 9.59 Å². The smallest absolute Gasteiger partial charge is 0.246 e. The fraction of sp³-hybridized carbons (Fsp3) is 0.500. The van der Waals surface area contributed by atoms with Crippen molar-refractivity contribution in [3.8, 4) is 0 Å². The van der Waals surface area contributed by atoms with Gasteiger partial charge in [0.1, 0.15) is 6.54 Å². The first kappa shape index (κ1) is 14.8. The van der Waals surface area contributed by atoms with Crippen molar-refractivity contribution in [2.75, 3.05) is 36.5 Å².